The smallest absolute Gasteiger partial charge is 0.258 e. The quantitative estimate of drug-likeness (QED) is 0.911. The summed E-state index contributed by atoms with van der Waals surface area (Å²) in [7, 11) is 0. The topological polar surface area (TPSA) is 38.3 Å². The van der Waals surface area contributed by atoms with E-state index in [0.29, 0.717) is 6.61 Å². The molecule has 20 heavy (non-hydrogen) atoms. The minimum absolute atomic E-state index is 0.125. The number of amides is 1. The van der Waals surface area contributed by atoms with Gasteiger partial charge in [-0.25, -0.2) is 0 Å². The number of anilines is 1. The highest BCUT2D eigenvalue weighted by Gasteiger charge is 2.27. The van der Waals surface area contributed by atoms with E-state index in [4.69, 9.17) is 4.74 Å². The van der Waals surface area contributed by atoms with E-state index in [9.17, 15) is 4.79 Å². The highest BCUT2D eigenvalue weighted by molar-refractivity contribution is 9.10. The van der Waals surface area contributed by atoms with Crippen molar-refractivity contribution in [1.82, 2.24) is 0 Å². The number of rotatable bonds is 2. The number of benzene rings is 2. The maximum absolute atomic E-state index is 12.4. The van der Waals surface area contributed by atoms with E-state index in [-0.39, 0.29) is 5.91 Å². The molecule has 1 N–H and O–H groups in total. The first kappa shape index (κ1) is 13.3. The van der Waals surface area contributed by atoms with Crippen LogP contribution in [-0.4, -0.2) is 12.5 Å². The molecule has 1 aliphatic heterocycles. The van der Waals surface area contributed by atoms with Crippen LogP contribution in [0.4, 0.5) is 5.69 Å². The van der Waals surface area contributed by atoms with Crippen LogP contribution in [0.3, 0.4) is 0 Å². The molecule has 1 aliphatic rings. The van der Waals surface area contributed by atoms with Crippen molar-refractivity contribution >= 4 is 27.5 Å². The van der Waals surface area contributed by atoms with Crippen molar-refractivity contribution in [3.8, 4) is 0 Å². The molecule has 0 fully saturated rings. The minimum atomic E-state index is -0.524. The lowest BCUT2D eigenvalue weighted by Gasteiger charge is -2.25. The summed E-state index contributed by atoms with van der Waals surface area (Å²) in [6.07, 6.45) is 0.335. The number of carbonyl (C=O) groups excluding carboxylic acids is 1. The number of halogens is 1. The largest absolute Gasteiger partial charge is 0.363 e. The molecule has 0 saturated carbocycles. The summed E-state index contributed by atoms with van der Waals surface area (Å²) < 4.78 is 6.62. The van der Waals surface area contributed by atoms with Crippen LogP contribution in [0.5, 0.6) is 0 Å². The Morgan fingerprint density at radius 3 is 2.70 bits per heavy atom. The van der Waals surface area contributed by atoms with Crippen LogP contribution in [0, 0.1) is 0 Å². The Hall–Kier alpha value is -1.65. The van der Waals surface area contributed by atoms with Gasteiger partial charge in [0.1, 0.15) is 0 Å². The molecular formula is C16H14BrNO2. The van der Waals surface area contributed by atoms with Gasteiger partial charge in [-0.05, 0) is 41.8 Å². The molecule has 0 radical (unpaired) electrons. The average Bonchev–Trinajstić information content (AvgIpc) is 2.49. The Morgan fingerprint density at radius 2 is 1.90 bits per heavy atom. The maximum Gasteiger partial charge on any atom is 0.258 e. The van der Waals surface area contributed by atoms with Crippen LogP contribution in [0.1, 0.15) is 17.2 Å². The van der Waals surface area contributed by atoms with Crippen LogP contribution < -0.4 is 5.32 Å². The van der Waals surface area contributed by atoms with Gasteiger partial charge in [0.15, 0.2) is 6.10 Å². The van der Waals surface area contributed by atoms with Gasteiger partial charge in [0.25, 0.3) is 5.91 Å². The van der Waals surface area contributed by atoms with E-state index < -0.39 is 6.10 Å². The Labute approximate surface area is 126 Å². The summed E-state index contributed by atoms with van der Waals surface area (Å²) in [6.45, 7) is 0.579. The fraction of sp³-hybridized carbons (Fsp3) is 0.188. The van der Waals surface area contributed by atoms with E-state index in [2.05, 4.69) is 27.3 Å². The molecule has 0 aromatic heterocycles. The maximum atomic E-state index is 12.4. The Kier molecular flexibility index (Phi) is 3.85. The van der Waals surface area contributed by atoms with Crippen molar-refractivity contribution in [2.75, 3.05) is 11.9 Å². The fourth-order valence-electron chi connectivity index (χ4n) is 2.35. The number of hydrogen-bond acceptors (Lipinski definition) is 2. The molecule has 2 aromatic carbocycles. The number of ether oxygens (including phenoxy) is 1. The summed E-state index contributed by atoms with van der Waals surface area (Å²) >= 11 is 3.37. The molecule has 4 heteroatoms. The molecule has 0 spiro atoms. The van der Waals surface area contributed by atoms with Crippen LogP contribution in [0.15, 0.2) is 53.0 Å². The van der Waals surface area contributed by atoms with Crippen molar-refractivity contribution < 1.29 is 9.53 Å². The lowest BCUT2D eigenvalue weighted by Crippen LogP contribution is -2.28. The standard InChI is InChI=1S/C16H14BrNO2/c17-12-5-7-13(8-6-12)18-16(19)15-14-4-2-1-3-11(14)9-10-20-15/h1-8,15H,9-10H2,(H,18,19)/t15-/m1/s1. The van der Waals surface area contributed by atoms with E-state index >= 15 is 0 Å². The highest BCUT2D eigenvalue weighted by atomic mass is 79.9. The first-order valence-electron chi connectivity index (χ1n) is 6.50. The molecular weight excluding hydrogens is 318 g/mol. The van der Waals surface area contributed by atoms with Crippen LogP contribution in [0.2, 0.25) is 0 Å². The van der Waals surface area contributed by atoms with Gasteiger partial charge in [0.05, 0.1) is 6.61 Å². The van der Waals surface area contributed by atoms with Gasteiger partial charge >= 0.3 is 0 Å². The molecule has 1 heterocycles. The predicted octanol–water partition coefficient (Wildman–Crippen LogP) is 3.70. The third-order valence-corrected chi connectivity index (χ3v) is 3.87. The Bertz CT molecular complexity index is 625. The van der Waals surface area contributed by atoms with Gasteiger partial charge in [-0.3, -0.25) is 4.79 Å². The van der Waals surface area contributed by atoms with E-state index in [1.54, 1.807) is 0 Å². The van der Waals surface area contributed by atoms with Gasteiger partial charge in [0.2, 0.25) is 0 Å². The van der Waals surface area contributed by atoms with Gasteiger partial charge < -0.3 is 10.1 Å². The molecule has 0 bridgehead atoms. The fourth-order valence-corrected chi connectivity index (χ4v) is 2.62. The average molecular weight is 332 g/mol. The lowest BCUT2D eigenvalue weighted by atomic mass is 9.97. The zero-order valence-corrected chi connectivity index (χ0v) is 12.4. The molecule has 3 nitrogen and oxygen atoms in total. The van der Waals surface area contributed by atoms with Gasteiger partial charge in [0, 0.05) is 10.2 Å². The molecule has 1 atom stereocenters. The minimum Gasteiger partial charge on any atom is -0.363 e. The van der Waals surface area contributed by atoms with E-state index in [0.717, 1.165) is 22.1 Å². The summed E-state index contributed by atoms with van der Waals surface area (Å²) in [5.41, 5.74) is 2.92. The molecule has 0 saturated heterocycles. The summed E-state index contributed by atoms with van der Waals surface area (Å²) in [4.78, 5) is 12.4. The Morgan fingerprint density at radius 1 is 1.15 bits per heavy atom. The number of nitrogens with one attached hydrogen (secondary N) is 1. The predicted molar refractivity (Wildman–Crippen MR) is 81.6 cm³/mol. The molecule has 2 aromatic rings. The van der Waals surface area contributed by atoms with Crippen molar-refractivity contribution in [3.05, 3.63) is 64.1 Å². The number of carbonyl (C=O) groups is 1. The Balaban J connectivity index is 1.80. The van der Waals surface area contributed by atoms with Crippen LogP contribution in [-0.2, 0) is 16.0 Å². The first-order valence-corrected chi connectivity index (χ1v) is 7.29. The normalized spacial score (nSPS) is 17.4. The first-order chi connectivity index (χ1) is 9.74. The monoisotopic (exact) mass is 331 g/mol. The third kappa shape index (κ3) is 2.76. The van der Waals surface area contributed by atoms with Crippen molar-refractivity contribution in [2.45, 2.75) is 12.5 Å². The van der Waals surface area contributed by atoms with E-state index in [1.165, 1.54) is 5.56 Å². The molecule has 1 amide bonds. The second-order valence-electron chi connectivity index (χ2n) is 4.70. The van der Waals surface area contributed by atoms with Crippen molar-refractivity contribution in [3.63, 3.8) is 0 Å². The zero-order valence-electron chi connectivity index (χ0n) is 10.8. The van der Waals surface area contributed by atoms with E-state index in [1.807, 2.05) is 42.5 Å². The second kappa shape index (κ2) is 5.77. The zero-order chi connectivity index (χ0) is 13.9. The van der Waals surface area contributed by atoms with Crippen molar-refractivity contribution in [1.29, 1.82) is 0 Å². The molecule has 3 rings (SSSR count). The van der Waals surface area contributed by atoms with Gasteiger partial charge in [-0.15, -0.1) is 0 Å². The molecule has 0 unspecified atom stereocenters. The van der Waals surface area contributed by atoms with Gasteiger partial charge in [-0.2, -0.15) is 0 Å². The molecule has 0 aliphatic carbocycles. The summed E-state index contributed by atoms with van der Waals surface area (Å²) in [5.74, 6) is -0.125. The summed E-state index contributed by atoms with van der Waals surface area (Å²) in [6, 6.07) is 15.4. The highest BCUT2D eigenvalue weighted by Crippen LogP contribution is 2.28. The number of fused-ring (bicyclic) bond motifs is 1. The van der Waals surface area contributed by atoms with Crippen LogP contribution >= 0.6 is 15.9 Å². The summed E-state index contributed by atoms with van der Waals surface area (Å²) in [5, 5.41) is 2.89. The SMILES string of the molecule is O=C(Nc1ccc(Br)cc1)[C@@H]1OCCc2ccccc21. The third-order valence-electron chi connectivity index (χ3n) is 3.34. The number of hydrogen-bond donors (Lipinski definition) is 1. The van der Waals surface area contributed by atoms with Crippen molar-refractivity contribution in [2.24, 2.45) is 0 Å². The second-order valence-corrected chi connectivity index (χ2v) is 5.61. The van der Waals surface area contributed by atoms with Gasteiger partial charge in [-0.1, -0.05) is 40.2 Å². The molecule has 102 valence electrons. The van der Waals surface area contributed by atoms with Crippen LogP contribution in [0.25, 0.3) is 0 Å². The lowest BCUT2D eigenvalue weighted by molar-refractivity contribution is -0.128.